The minimum atomic E-state index is -0.358. The molecule has 28 heavy (non-hydrogen) atoms. The Morgan fingerprint density at radius 2 is 1.89 bits per heavy atom. The predicted octanol–water partition coefficient (Wildman–Crippen LogP) is 3.28. The molecule has 7 rings (SSSR count). The van der Waals surface area contributed by atoms with E-state index in [0.29, 0.717) is 48.3 Å². The third-order valence-electron chi connectivity index (χ3n) is 10.8. The second-order valence-corrected chi connectivity index (χ2v) is 11.7. The Bertz CT molecular complexity index is 861. The van der Waals surface area contributed by atoms with Crippen LogP contribution in [0.15, 0.2) is 11.6 Å². The van der Waals surface area contributed by atoms with Crippen LogP contribution in [0.25, 0.3) is 0 Å². The van der Waals surface area contributed by atoms with Crippen molar-refractivity contribution in [2.24, 2.45) is 52.3 Å². The topological polar surface area (TPSA) is 63.6 Å². The lowest BCUT2D eigenvalue weighted by atomic mass is 9.44. The first kappa shape index (κ1) is 16.6. The quantitative estimate of drug-likeness (QED) is 0.653. The summed E-state index contributed by atoms with van der Waals surface area (Å²) in [5.74, 6) is 4.01. The Kier molecular flexibility index (Phi) is 2.73. The summed E-state index contributed by atoms with van der Waals surface area (Å²) >= 11 is 0. The summed E-state index contributed by atoms with van der Waals surface area (Å²) in [6.45, 7) is 4.69. The monoisotopic (exact) mass is 382 g/mol. The van der Waals surface area contributed by atoms with Crippen LogP contribution in [0.5, 0.6) is 0 Å². The van der Waals surface area contributed by atoms with Crippen LogP contribution in [-0.4, -0.2) is 28.6 Å². The van der Waals surface area contributed by atoms with Crippen LogP contribution in [-0.2, 0) is 14.3 Å². The van der Waals surface area contributed by atoms with Crippen LogP contribution in [0, 0.1) is 52.3 Å². The fourth-order valence-corrected chi connectivity index (χ4v) is 9.85. The molecule has 1 heterocycles. The molecule has 2 unspecified atom stereocenters. The van der Waals surface area contributed by atoms with Crippen LogP contribution in [0.2, 0.25) is 0 Å². The first-order chi connectivity index (χ1) is 13.3. The van der Waals surface area contributed by atoms with Crippen LogP contribution in [0.3, 0.4) is 0 Å². The molecule has 150 valence electrons. The molecule has 6 fully saturated rings. The van der Waals surface area contributed by atoms with Gasteiger partial charge < -0.3 is 9.84 Å². The molecule has 0 radical (unpaired) electrons. The summed E-state index contributed by atoms with van der Waals surface area (Å²) < 4.78 is 6.15. The fraction of sp³-hybridized carbons (Fsp3) is 0.833. The van der Waals surface area contributed by atoms with Crippen molar-refractivity contribution >= 4 is 11.8 Å². The van der Waals surface area contributed by atoms with Gasteiger partial charge in [0.1, 0.15) is 5.60 Å². The Labute approximate surface area is 166 Å². The van der Waals surface area contributed by atoms with Crippen LogP contribution in [0.1, 0.15) is 58.8 Å². The number of ether oxygens (including phenoxy) is 1. The lowest BCUT2D eigenvalue weighted by Crippen LogP contribution is -2.62. The number of allylic oxidation sites excluding steroid dienone is 1. The van der Waals surface area contributed by atoms with E-state index in [1.54, 1.807) is 0 Å². The number of hydrogen-bond donors (Lipinski definition) is 1. The normalized spacial score (nSPS) is 62.9. The number of carbonyl (C=O) groups excluding carboxylic acids is 2. The molecule has 11 atom stereocenters. The number of rotatable bonds is 0. The smallest absolute Gasteiger partial charge is 0.306 e. The van der Waals surface area contributed by atoms with Gasteiger partial charge in [0.2, 0.25) is 0 Å². The van der Waals surface area contributed by atoms with Gasteiger partial charge in [-0.1, -0.05) is 19.4 Å². The Morgan fingerprint density at radius 1 is 1.07 bits per heavy atom. The molecule has 6 aliphatic carbocycles. The molecule has 0 aromatic heterocycles. The first-order valence-electron chi connectivity index (χ1n) is 11.4. The highest BCUT2D eigenvalue weighted by atomic mass is 16.6. The van der Waals surface area contributed by atoms with E-state index >= 15 is 0 Å². The highest BCUT2D eigenvalue weighted by molar-refractivity contribution is 5.92. The van der Waals surface area contributed by atoms with Crippen molar-refractivity contribution in [1.29, 1.82) is 0 Å². The van der Waals surface area contributed by atoms with E-state index in [1.165, 1.54) is 18.4 Å². The van der Waals surface area contributed by atoms with Gasteiger partial charge in [0.15, 0.2) is 5.78 Å². The van der Waals surface area contributed by atoms with E-state index < -0.39 is 0 Å². The van der Waals surface area contributed by atoms with Gasteiger partial charge in [-0.05, 0) is 79.1 Å². The van der Waals surface area contributed by atoms with Crippen molar-refractivity contribution in [3.8, 4) is 0 Å². The molecule has 4 nitrogen and oxygen atoms in total. The first-order valence-corrected chi connectivity index (χ1v) is 11.4. The van der Waals surface area contributed by atoms with Gasteiger partial charge in [0.05, 0.1) is 6.10 Å². The molecule has 4 heteroatoms. The zero-order chi connectivity index (χ0) is 19.2. The second kappa shape index (κ2) is 4.61. The highest BCUT2D eigenvalue weighted by Crippen LogP contribution is 2.82. The minimum Gasteiger partial charge on any atom is -0.458 e. The van der Waals surface area contributed by atoms with Gasteiger partial charge in [-0.2, -0.15) is 0 Å². The summed E-state index contributed by atoms with van der Waals surface area (Å²) in [6.07, 6.45) is 7.70. The van der Waals surface area contributed by atoms with Crippen LogP contribution < -0.4 is 0 Å². The van der Waals surface area contributed by atoms with Gasteiger partial charge in [0, 0.05) is 24.2 Å². The fourth-order valence-electron chi connectivity index (χ4n) is 9.85. The van der Waals surface area contributed by atoms with Gasteiger partial charge in [-0.3, -0.25) is 9.59 Å². The Hall–Kier alpha value is -1.16. The zero-order valence-electron chi connectivity index (χ0n) is 16.8. The van der Waals surface area contributed by atoms with Gasteiger partial charge >= 0.3 is 5.97 Å². The molecule has 0 aromatic carbocycles. The summed E-state index contributed by atoms with van der Waals surface area (Å²) in [4.78, 5) is 24.3. The number of esters is 1. The highest BCUT2D eigenvalue weighted by Gasteiger charge is 2.82. The van der Waals surface area contributed by atoms with Gasteiger partial charge in [-0.25, -0.2) is 0 Å². The van der Waals surface area contributed by atoms with E-state index in [2.05, 4.69) is 13.8 Å². The molecule has 0 amide bonds. The maximum atomic E-state index is 12.2. The van der Waals surface area contributed by atoms with E-state index in [1.807, 2.05) is 6.08 Å². The molecule has 1 aliphatic heterocycles. The standard InChI is InChI=1S/C24H30O4/c1-22-5-3-11(25)7-15(22)12-8-13(12)19-20-14-9-16(14)24(6-4-18(27)28-24)23(20,2)10-17(26)21(19)22/h7,12-14,16-17,19-21,26H,3-6,8-10H2,1-2H3/t12-,13+,14-,16?,17-,19+,20+,21?,22+,23+,24+/m1/s1. The maximum Gasteiger partial charge on any atom is 0.306 e. The molecule has 1 N–H and O–H groups in total. The SMILES string of the molecule is C[C@]12CCC(=O)C=C1[C@@H]1C[C@@H]1[C@@H]1C2[C@H](O)C[C@@]2(C)[C@H]1[C@@H]1CC1[C@@]21CCC(=O)O1. The number of ketones is 1. The van der Waals surface area contributed by atoms with E-state index in [9.17, 15) is 14.7 Å². The van der Waals surface area contributed by atoms with Crippen molar-refractivity contribution in [2.75, 3.05) is 0 Å². The van der Waals surface area contributed by atoms with Gasteiger partial charge in [0.25, 0.3) is 0 Å². The van der Waals surface area contributed by atoms with E-state index in [4.69, 9.17) is 4.74 Å². The summed E-state index contributed by atoms with van der Waals surface area (Å²) in [7, 11) is 0. The number of carbonyl (C=O) groups is 2. The van der Waals surface area contributed by atoms with Crippen LogP contribution >= 0.6 is 0 Å². The number of aliphatic hydroxyl groups excluding tert-OH is 1. The Morgan fingerprint density at radius 3 is 2.64 bits per heavy atom. The number of hydrogen-bond acceptors (Lipinski definition) is 4. The van der Waals surface area contributed by atoms with E-state index in [0.717, 1.165) is 19.3 Å². The largest absolute Gasteiger partial charge is 0.458 e. The number of aliphatic hydroxyl groups is 1. The molecular weight excluding hydrogens is 352 g/mol. The molecule has 0 bridgehead atoms. The zero-order valence-corrected chi connectivity index (χ0v) is 16.8. The summed E-state index contributed by atoms with van der Waals surface area (Å²) in [5.41, 5.74) is 0.950. The molecule has 0 aromatic rings. The van der Waals surface area contributed by atoms with Crippen molar-refractivity contribution in [1.82, 2.24) is 0 Å². The van der Waals surface area contributed by atoms with Gasteiger partial charge in [-0.15, -0.1) is 0 Å². The minimum absolute atomic E-state index is 0.0243. The third kappa shape index (κ3) is 1.60. The molecule has 5 saturated carbocycles. The molecular formula is C24H30O4. The molecule has 1 spiro atoms. The summed E-state index contributed by atoms with van der Waals surface area (Å²) in [6, 6.07) is 0. The lowest BCUT2D eigenvalue weighted by Gasteiger charge is -2.61. The summed E-state index contributed by atoms with van der Waals surface area (Å²) in [5, 5.41) is 11.6. The average Bonchev–Trinajstić information content (AvgIpc) is 3.53. The molecule has 7 aliphatic rings. The Balaban J connectivity index is 1.36. The molecule has 1 saturated heterocycles. The van der Waals surface area contributed by atoms with Crippen LogP contribution in [0.4, 0.5) is 0 Å². The van der Waals surface area contributed by atoms with E-state index in [-0.39, 0.29) is 40.2 Å². The van der Waals surface area contributed by atoms with Crippen molar-refractivity contribution in [3.05, 3.63) is 11.6 Å². The second-order valence-electron chi connectivity index (χ2n) is 11.7. The van der Waals surface area contributed by atoms with Crippen molar-refractivity contribution in [3.63, 3.8) is 0 Å². The van der Waals surface area contributed by atoms with Crippen molar-refractivity contribution < 1.29 is 19.4 Å². The van der Waals surface area contributed by atoms with Crippen molar-refractivity contribution in [2.45, 2.75) is 70.5 Å². The number of fused-ring (bicyclic) bond motifs is 12. The maximum absolute atomic E-state index is 12.2. The lowest BCUT2D eigenvalue weighted by molar-refractivity contribution is -0.197. The average molecular weight is 383 g/mol. The predicted molar refractivity (Wildman–Crippen MR) is 101 cm³/mol. The third-order valence-corrected chi connectivity index (χ3v) is 10.8.